The summed E-state index contributed by atoms with van der Waals surface area (Å²) in [5.41, 5.74) is 0.654. The van der Waals surface area contributed by atoms with Gasteiger partial charge in [-0.05, 0) is 49.5 Å². The van der Waals surface area contributed by atoms with Gasteiger partial charge in [-0.15, -0.1) is 0 Å². The van der Waals surface area contributed by atoms with Crippen molar-refractivity contribution in [3.8, 4) is 5.75 Å². The third-order valence-electron chi connectivity index (χ3n) is 4.12. The zero-order valence-corrected chi connectivity index (χ0v) is 14.9. The summed E-state index contributed by atoms with van der Waals surface area (Å²) in [5.74, 6) is 0.935. The number of ether oxygens (including phenoxy) is 1. The number of rotatable bonds is 7. The molecule has 1 aromatic carbocycles. The third kappa shape index (κ3) is 3.78. The average Bonchev–Trinajstić information content (AvgIpc) is 2.74. The largest absolute Gasteiger partial charge is 0.489 e. The van der Waals surface area contributed by atoms with Crippen molar-refractivity contribution in [3.63, 3.8) is 0 Å². The van der Waals surface area contributed by atoms with Gasteiger partial charge in [0.15, 0.2) is 0 Å². The zero-order chi connectivity index (χ0) is 17.9. The molecule has 1 unspecified atom stereocenters. The number of urea groups is 1. The standard InChI is InChI=1S/C19H26N2O3/c1-13(2)10-11-21-17(22)19(5,20-18(21)23)15-6-8-16(9-7-15)24-12-14(3)4/h6-9,13H,3,10-12H2,1-2,4-5H3,(H,20,23). The molecule has 1 N–H and O–H groups in total. The summed E-state index contributed by atoms with van der Waals surface area (Å²) in [5, 5.41) is 2.82. The number of hydrogen-bond acceptors (Lipinski definition) is 3. The van der Waals surface area contributed by atoms with Crippen LogP contribution in [0.2, 0.25) is 0 Å². The molecule has 5 heteroatoms. The molecule has 1 saturated heterocycles. The highest BCUT2D eigenvalue weighted by Gasteiger charge is 2.48. The number of hydrogen-bond donors (Lipinski definition) is 1. The van der Waals surface area contributed by atoms with Crippen LogP contribution in [0.25, 0.3) is 0 Å². The summed E-state index contributed by atoms with van der Waals surface area (Å²) in [7, 11) is 0. The van der Waals surface area contributed by atoms with E-state index in [1.807, 2.05) is 19.1 Å². The van der Waals surface area contributed by atoms with E-state index in [2.05, 4.69) is 25.7 Å². The van der Waals surface area contributed by atoms with Crippen molar-refractivity contribution < 1.29 is 14.3 Å². The van der Waals surface area contributed by atoms with E-state index in [0.29, 0.717) is 24.8 Å². The van der Waals surface area contributed by atoms with Crippen LogP contribution >= 0.6 is 0 Å². The van der Waals surface area contributed by atoms with Gasteiger partial charge in [0.05, 0.1) is 0 Å². The summed E-state index contributed by atoms with van der Waals surface area (Å²) < 4.78 is 5.57. The molecule has 3 amide bonds. The van der Waals surface area contributed by atoms with Crippen LogP contribution in [0.15, 0.2) is 36.4 Å². The Morgan fingerprint density at radius 2 is 1.92 bits per heavy atom. The SMILES string of the molecule is C=C(C)COc1ccc(C2(C)NC(=O)N(CCC(C)C)C2=O)cc1. The molecule has 5 nitrogen and oxygen atoms in total. The van der Waals surface area contributed by atoms with Crippen LogP contribution < -0.4 is 10.1 Å². The smallest absolute Gasteiger partial charge is 0.325 e. The lowest BCUT2D eigenvalue weighted by Crippen LogP contribution is -2.41. The van der Waals surface area contributed by atoms with Gasteiger partial charge in [-0.2, -0.15) is 0 Å². The molecule has 0 aromatic heterocycles. The van der Waals surface area contributed by atoms with Gasteiger partial charge in [0.25, 0.3) is 5.91 Å². The molecule has 0 spiro atoms. The molecule has 130 valence electrons. The highest BCUT2D eigenvalue weighted by atomic mass is 16.5. The summed E-state index contributed by atoms with van der Waals surface area (Å²) in [6, 6.07) is 6.92. The topological polar surface area (TPSA) is 58.6 Å². The molecule has 0 bridgehead atoms. The van der Waals surface area contributed by atoms with E-state index in [1.165, 1.54) is 4.90 Å². The van der Waals surface area contributed by atoms with Crippen LogP contribution in [-0.4, -0.2) is 30.0 Å². The Balaban J connectivity index is 2.14. The fraction of sp³-hybridized carbons (Fsp3) is 0.474. The first-order chi connectivity index (χ1) is 11.2. The van der Waals surface area contributed by atoms with Crippen LogP contribution in [-0.2, 0) is 10.3 Å². The monoisotopic (exact) mass is 330 g/mol. The minimum absolute atomic E-state index is 0.205. The number of carbonyl (C=O) groups is 2. The number of amides is 3. The predicted octanol–water partition coefficient (Wildman–Crippen LogP) is 3.45. The maximum absolute atomic E-state index is 12.8. The second kappa shape index (κ2) is 7.07. The molecule has 0 aliphatic carbocycles. The molecule has 1 heterocycles. The predicted molar refractivity (Wildman–Crippen MR) is 93.8 cm³/mol. The van der Waals surface area contributed by atoms with Gasteiger partial charge >= 0.3 is 6.03 Å². The molecule has 0 saturated carbocycles. The molecule has 0 radical (unpaired) electrons. The van der Waals surface area contributed by atoms with Crippen LogP contribution in [0.5, 0.6) is 5.75 Å². The van der Waals surface area contributed by atoms with Crippen LogP contribution in [0, 0.1) is 5.92 Å². The van der Waals surface area contributed by atoms with Gasteiger partial charge in [0.2, 0.25) is 0 Å². The van der Waals surface area contributed by atoms with Gasteiger partial charge < -0.3 is 10.1 Å². The van der Waals surface area contributed by atoms with Gasteiger partial charge in [-0.1, -0.05) is 32.6 Å². The van der Waals surface area contributed by atoms with Crippen molar-refractivity contribution >= 4 is 11.9 Å². The van der Waals surface area contributed by atoms with Crippen LogP contribution in [0.1, 0.15) is 39.7 Å². The van der Waals surface area contributed by atoms with Gasteiger partial charge in [0.1, 0.15) is 17.9 Å². The summed E-state index contributed by atoms with van der Waals surface area (Å²) in [6.07, 6.45) is 0.795. The minimum atomic E-state index is -1.03. The Morgan fingerprint density at radius 3 is 2.46 bits per heavy atom. The highest BCUT2D eigenvalue weighted by molar-refractivity contribution is 6.07. The Kier molecular flexibility index (Phi) is 5.32. The second-order valence-corrected chi connectivity index (χ2v) is 6.96. The number of carbonyl (C=O) groups excluding carboxylic acids is 2. The van der Waals surface area contributed by atoms with Gasteiger partial charge in [-0.25, -0.2) is 4.79 Å². The number of imide groups is 1. The quantitative estimate of drug-likeness (QED) is 0.615. The lowest BCUT2D eigenvalue weighted by atomic mass is 9.92. The van der Waals surface area contributed by atoms with Crippen molar-refractivity contribution in [2.75, 3.05) is 13.2 Å². The van der Waals surface area contributed by atoms with Crippen molar-refractivity contribution in [2.24, 2.45) is 5.92 Å². The summed E-state index contributed by atoms with van der Waals surface area (Å²) >= 11 is 0. The first kappa shape index (κ1) is 18.0. The molecule has 1 fully saturated rings. The third-order valence-corrected chi connectivity index (χ3v) is 4.12. The van der Waals surface area contributed by atoms with Gasteiger partial charge in [-0.3, -0.25) is 9.69 Å². The number of nitrogens with zero attached hydrogens (tertiary/aromatic N) is 1. The van der Waals surface area contributed by atoms with Crippen molar-refractivity contribution in [2.45, 2.75) is 39.7 Å². The zero-order valence-electron chi connectivity index (χ0n) is 14.9. The van der Waals surface area contributed by atoms with Crippen molar-refractivity contribution in [1.29, 1.82) is 0 Å². The Bertz CT molecular complexity index is 637. The normalized spacial score (nSPS) is 20.5. The van der Waals surface area contributed by atoms with E-state index < -0.39 is 5.54 Å². The molecule has 24 heavy (non-hydrogen) atoms. The Labute approximate surface area is 143 Å². The summed E-state index contributed by atoms with van der Waals surface area (Å²) in [4.78, 5) is 26.3. The fourth-order valence-electron chi connectivity index (χ4n) is 2.57. The van der Waals surface area contributed by atoms with Gasteiger partial charge in [0, 0.05) is 6.54 Å². The average molecular weight is 330 g/mol. The molecule has 2 rings (SSSR count). The van der Waals surface area contributed by atoms with E-state index in [4.69, 9.17) is 4.74 Å². The molecule has 1 aromatic rings. The number of benzene rings is 1. The second-order valence-electron chi connectivity index (χ2n) is 6.96. The highest BCUT2D eigenvalue weighted by Crippen LogP contribution is 2.30. The molecule has 1 atom stereocenters. The first-order valence-electron chi connectivity index (χ1n) is 8.26. The van der Waals surface area contributed by atoms with E-state index in [1.54, 1.807) is 19.1 Å². The maximum Gasteiger partial charge on any atom is 0.325 e. The maximum atomic E-state index is 12.8. The lowest BCUT2D eigenvalue weighted by Gasteiger charge is -2.22. The Morgan fingerprint density at radius 1 is 1.29 bits per heavy atom. The molecular formula is C19H26N2O3. The summed E-state index contributed by atoms with van der Waals surface area (Å²) in [6.45, 7) is 12.5. The molecule has 1 aliphatic heterocycles. The van der Waals surface area contributed by atoms with Crippen LogP contribution in [0.4, 0.5) is 4.79 Å². The van der Waals surface area contributed by atoms with E-state index in [0.717, 1.165) is 17.6 Å². The van der Waals surface area contributed by atoms with E-state index >= 15 is 0 Å². The van der Waals surface area contributed by atoms with E-state index in [9.17, 15) is 9.59 Å². The molecular weight excluding hydrogens is 304 g/mol. The minimum Gasteiger partial charge on any atom is -0.489 e. The van der Waals surface area contributed by atoms with Crippen molar-refractivity contribution in [1.82, 2.24) is 10.2 Å². The van der Waals surface area contributed by atoms with E-state index in [-0.39, 0.29) is 11.9 Å². The molecule has 1 aliphatic rings. The van der Waals surface area contributed by atoms with Crippen molar-refractivity contribution in [3.05, 3.63) is 42.0 Å². The Hall–Kier alpha value is -2.30. The first-order valence-corrected chi connectivity index (χ1v) is 8.26. The number of nitrogens with one attached hydrogen (secondary N) is 1. The lowest BCUT2D eigenvalue weighted by molar-refractivity contribution is -0.131. The fourth-order valence-corrected chi connectivity index (χ4v) is 2.57. The van der Waals surface area contributed by atoms with Crippen LogP contribution in [0.3, 0.4) is 0 Å².